The summed E-state index contributed by atoms with van der Waals surface area (Å²) in [7, 11) is 0. The molecule has 7 atom stereocenters. The van der Waals surface area contributed by atoms with Crippen LogP contribution in [0.15, 0.2) is 73.3 Å². The highest BCUT2D eigenvalue weighted by Crippen LogP contribution is 2.19. The Hall–Kier alpha value is -7.66. The zero-order valence-electron chi connectivity index (χ0n) is 39.7. The van der Waals surface area contributed by atoms with Crippen molar-refractivity contribution in [1.29, 1.82) is 0 Å². The molecule has 2 heterocycles. The van der Waals surface area contributed by atoms with Crippen LogP contribution in [0.5, 0.6) is 0 Å². The molecule has 0 saturated carbocycles. The van der Waals surface area contributed by atoms with E-state index in [1.807, 2.05) is 50.2 Å². The van der Waals surface area contributed by atoms with E-state index in [9.17, 15) is 53.4 Å². The average molecular weight is 973 g/mol. The van der Waals surface area contributed by atoms with Gasteiger partial charge in [-0.1, -0.05) is 76.2 Å². The quantitative estimate of drug-likeness (QED) is 0.0314. The van der Waals surface area contributed by atoms with Crippen molar-refractivity contribution in [3.05, 3.63) is 90.1 Å². The number of hydrogen-bond acceptors (Lipinski definition) is 12. The van der Waals surface area contributed by atoms with E-state index in [0.717, 1.165) is 16.5 Å². The van der Waals surface area contributed by atoms with E-state index < -0.39 is 121 Å². The molecule has 2 aromatic carbocycles. The van der Waals surface area contributed by atoms with E-state index in [0.29, 0.717) is 11.3 Å². The van der Waals surface area contributed by atoms with Gasteiger partial charge in [-0.3, -0.25) is 38.4 Å². The Morgan fingerprint density at radius 1 is 0.614 bits per heavy atom. The zero-order chi connectivity index (χ0) is 51.5. The molecule has 23 nitrogen and oxygen atoms in total. The summed E-state index contributed by atoms with van der Waals surface area (Å²) in [5.74, 6) is -8.18. The lowest BCUT2D eigenvalue weighted by molar-refractivity contribution is -0.144. The molecule has 0 aliphatic carbocycles. The van der Waals surface area contributed by atoms with Crippen LogP contribution in [0.3, 0.4) is 0 Å². The monoisotopic (exact) mass is 972 g/mol. The number of rotatable bonds is 27. The van der Waals surface area contributed by atoms with Crippen LogP contribution < -0.4 is 48.3 Å². The number of aromatic amines is 2. The third-order valence-electron chi connectivity index (χ3n) is 10.9. The number of fused-ring (bicyclic) bond motifs is 1. The standard InChI is InChI=1S/C47H64N12O11/c1-25(2)15-34(56-42(64)32(48)16-28-11-7-6-8-12-28)43(65)52-21-37(61)51-22-38(62)55-36(18-30-20-49-24-54-30)45(67)57-35(17-29-19-50-33-14-10-9-13-31(29)33)44(66)53-23-39(63)58-41(27(5)60)46(68)59-40(26(3)4)47(69)70/h6-14,19-20,24-27,32,34-36,40-41,50,60H,15-18,21-23,48H2,1-5H3,(H,49,54)(H,51,61)(H,52,65)(H,53,66)(H,55,62)(H,56,64)(H,57,67)(H,58,63)(H,59,68)(H,69,70)/t27-,32+,34+,35+,36+,40+,41+/m1/s1. The van der Waals surface area contributed by atoms with Gasteiger partial charge in [-0.2, -0.15) is 0 Å². The van der Waals surface area contributed by atoms with E-state index in [4.69, 9.17) is 5.73 Å². The fourth-order valence-corrected chi connectivity index (χ4v) is 7.22. The number of nitrogens with two attached hydrogens (primary N) is 1. The predicted molar refractivity (Wildman–Crippen MR) is 255 cm³/mol. The van der Waals surface area contributed by atoms with E-state index in [1.54, 1.807) is 38.2 Å². The molecule has 8 amide bonds. The minimum atomic E-state index is -1.58. The third-order valence-corrected chi connectivity index (χ3v) is 10.9. The van der Waals surface area contributed by atoms with Gasteiger partial charge in [-0.25, -0.2) is 9.78 Å². The van der Waals surface area contributed by atoms with Crippen molar-refractivity contribution in [2.24, 2.45) is 17.6 Å². The van der Waals surface area contributed by atoms with Crippen molar-refractivity contribution in [2.45, 2.75) is 103 Å². The van der Waals surface area contributed by atoms with Gasteiger partial charge >= 0.3 is 5.97 Å². The Morgan fingerprint density at radius 3 is 1.84 bits per heavy atom. The number of carbonyl (C=O) groups is 9. The topological polar surface area (TPSA) is 361 Å². The van der Waals surface area contributed by atoms with Crippen LogP contribution in [0.2, 0.25) is 0 Å². The minimum absolute atomic E-state index is 0.0154. The van der Waals surface area contributed by atoms with Crippen LogP contribution in [0.4, 0.5) is 0 Å². The number of H-pyrrole nitrogens is 2. The molecular formula is C47H64N12O11. The van der Waals surface area contributed by atoms with Crippen molar-refractivity contribution in [1.82, 2.24) is 57.5 Å². The first-order chi connectivity index (χ1) is 33.2. The van der Waals surface area contributed by atoms with E-state index in [1.165, 1.54) is 19.4 Å². The second-order valence-corrected chi connectivity index (χ2v) is 17.6. The summed E-state index contributed by atoms with van der Waals surface area (Å²) in [6.45, 7) is 6.16. The summed E-state index contributed by atoms with van der Waals surface area (Å²) < 4.78 is 0. The first-order valence-electron chi connectivity index (χ1n) is 22.8. The number of imidazole rings is 1. The van der Waals surface area contributed by atoms with Gasteiger partial charge in [-0.05, 0) is 48.8 Å². The number of para-hydroxylation sites is 1. The number of amides is 8. The lowest BCUT2D eigenvalue weighted by Gasteiger charge is -2.25. The maximum absolute atomic E-state index is 14.1. The van der Waals surface area contributed by atoms with Gasteiger partial charge in [0.2, 0.25) is 47.3 Å². The zero-order valence-corrected chi connectivity index (χ0v) is 39.7. The molecule has 0 saturated heterocycles. The number of carbonyl (C=O) groups excluding carboxylic acids is 8. The molecule has 0 aliphatic rings. The van der Waals surface area contributed by atoms with E-state index in [-0.39, 0.29) is 31.6 Å². The summed E-state index contributed by atoms with van der Waals surface area (Å²) in [6.07, 6.45) is 3.20. The average Bonchev–Trinajstić information content (AvgIpc) is 3.99. The van der Waals surface area contributed by atoms with Gasteiger partial charge in [0.1, 0.15) is 30.2 Å². The number of carboxylic acids is 1. The molecule has 378 valence electrons. The number of aliphatic hydroxyl groups excluding tert-OH is 1. The first-order valence-corrected chi connectivity index (χ1v) is 22.8. The number of aliphatic carboxylic acids is 1. The fraction of sp³-hybridized carbons (Fsp3) is 0.447. The lowest BCUT2D eigenvalue weighted by atomic mass is 10.0. The van der Waals surface area contributed by atoms with Gasteiger partial charge in [0.15, 0.2) is 0 Å². The summed E-state index contributed by atoms with van der Waals surface area (Å²) in [6, 6.07) is 8.77. The number of nitrogens with zero attached hydrogens (tertiary/aromatic N) is 1. The highest BCUT2D eigenvalue weighted by molar-refractivity contribution is 5.97. The Bertz CT molecular complexity index is 2420. The molecule has 4 rings (SSSR count). The molecule has 23 heteroatoms. The molecule has 4 aromatic rings. The Kier molecular flexibility index (Phi) is 21.0. The smallest absolute Gasteiger partial charge is 0.326 e. The Labute approximate surface area is 404 Å². The first kappa shape index (κ1) is 54.9. The third kappa shape index (κ3) is 17.5. The number of nitrogens with one attached hydrogen (secondary N) is 10. The summed E-state index contributed by atoms with van der Waals surface area (Å²) in [5.41, 5.74) is 8.74. The molecule has 0 bridgehead atoms. The molecule has 0 aliphatic heterocycles. The maximum Gasteiger partial charge on any atom is 0.326 e. The van der Waals surface area contributed by atoms with Crippen LogP contribution in [-0.4, -0.2) is 140 Å². The summed E-state index contributed by atoms with van der Waals surface area (Å²) >= 11 is 0. The van der Waals surface area contributed by atoms with Crippen molar-refractivity contribution in [3.8, 4) is 0 Å². The lowest BCUT2D eigenvalue weighted by Crippen LogP contribution is -2.59. The van der Waals surface area contributed by atoms with Gasteiger partial charge in [0.05, 0.1) is 38.1 Å². The van der Waals surface area contributed by atoms with Crippen molar-refractivity contribution >= 4 is 64.1 Å². The largest absolute Gasteiger partial charge is 0.480 e. The van der Waals surface area contributed by atoms with Gasteiger partial charge in [0.25, 0.3) is 0 Å². The second-order valence-electron chi connectivity index (χ2n) is 17.6. The maximum atomic E-state index is 14.1. The summed E-state index contributed by atoms with van der Waals surface area (Å²) in [5, 5.41) is 40.3. The number of aliphatic hydroxyl groups is 1. The van der Waals surface area contributed by atoms with Crippen LogP contribution in [0, 0.1) is 11.8 Å². The Morgan fingerprint density at radius 2 is 1.21 bits per heavy atom. The van der Waals surface area contributed by atoms with Crippen LogP contribution in [0.25, 0.3) is 10.9 Å². The number of hydrogen-bond donors (Lipinski definition) is 13. The molecule has 0 radical (unpaired) electrons. The number of benzene rings is 2. The van der Waals surface area contributed by atoms with Crippen molar-refractivity contribution < 1.29 is 53.4 Å². The molecule has 0 unspecified atom stereocenters. The van der Waals surface area contributed by atoms with Crippen molar-refractivity contribution in [3.63, 3.8) is 0 Å². The minimum Gasteiger partial charge on any atom is -0.480 e. The Balaban J connectivity index is 1.40. The van der Waals surface area contributed by atoms with Crippen LogP contribution in [0.1, 0.15) is 57.9 Å². The highest BCUT2D eigenvalue weighted by Gasteiger charge is 2.33. The van der Waals surface area contributed by atoms with Gasteiger partial charge < -0.3 is 68.4 Å². The molecular weight excluding hydrogens is 909 g/mol. The fourth-order valence-electron chi connectivity index (χ4n) is 7.22. The number of aromatic nitrogens is 3. The SMILES string of the molecule is CC(C)C[C@H](NC(=O)[C@@H](N)Cc1ccccc1)C(=O)NCC(=O)NCC(=O)N[C@@H](Cc1cnc[nH]1)C(=O)N[C@@H](Cc1c[nH]c2ccccc12)C(=O)NCC(=O)N[C@H](C(=O)N[C@H](C(=O)O)C(C)C)[C@@H](C)O. The van der Waals surface area contributed by atoms with E-state index in [2.05, 4.69) is 57.5 Å². The molecule has 2 aromatic heterocycles. The van der Waals surface area contributed by atoms with Gasteiger partial charge in [0, 0.05) is 41.8 Å². The summed E-state index contributed by atoms with van der Waals surface area (Å²) in [4.78, 5) is 128. The predicted octanol–water partition coefficient (Wildman–Crippen LogP) is -1.81. The molecule has 70 heavy (non-hydrogen) atoms. The van der Waals surface area contributed by atoms with E-state index >= 15 is 0 Å². The molecule has 14 N–H and O–H groups in total. The van der Waals surface area contributed by atoms with Gasteiger partial charge in [-0.15, -0.1) is 0 Å². The van der Waals surface area contributed by atoms with Crippen molar-refractivity contribution in [2.75, 3.05) is 19.6 Å². The molecule has 0 fully saturated rings. The number of carboxylic acid groups (broad SMARTS) is 1. The van der Waals surface area contributed by atoms with Crippen LogP contribution >= 0.6 is 0 Å². The second kappa shape index (κ2) is 26.8. The molecule has 0 spiro atoms. The normalized spacial score (nSPS) is 14.2. The highest BCUT2D eigenvalue weighted by atomic mass is 16.4. The van der Waals surface area contributed by atoms with Crippen LogP contribution in [-0.2, 0) is 62.4 Å².